The Kier molecular flexibility index (Phi) is 7.63. The summed E-state index contributed by atoms with van der Waals surface area (Å²) >= 11 is 0. The van der Waals surface area contributed by atoms with Crippen molar-refractivity contribution in [3.63, 3.8) is 0 Å². The Balaban J connectivity index is 1.87. The average Bonchev–Trinajstić information content (AvgIpc) is 2.66. The number of nitrogens with zero attached hydrogens (tertiary/aromatic N) is 1. The molecule has 2 rings (SSSR count). The Morgan fingerprint density at radius 3 is 2.77 bits per heavy atom. The minimum atomic E-state index is -0.977. The number of carboxylic acid groups (broad SMARTS) is 1. The number of rotatable bonds is 8. The molecule has 1 atom stereocenters. The number of carboxylic acids is 1. The highest BCUT2D eigenvalue weighted by atomic mass is 16.4. The monoisotopic (exact) mass is 360 g/mol. The van der Waals surface area contributed by atoms with E-state index in [1.165, 1.54) is 0 Å². The number of aromatic carboxylic acids is 1. The second-order valence-electron chi connectivity index (χ2n) is 6.79. The van der Waals surface area contributed by atoms with Crippen molar-refractivity contribution in [1.29, 1.82) is 0 Å². The molecule has 6 nitrogen and oxygen atoms in total. The normalized spacial score (nSPS) is 17.0. The van der Waals surface area contributed by atoms with Crippen LogP contribution >= 0.6 is 0 Å². The van der Waals surface area contributed by atoms with Crippen LogP contribution in [-0.2, 0) is 16.0 Å². The molecule has 1 aromatic carbocycles. The molecule has 1 unspecified atom stereocenters. The smallest absolute Gasteiger partial charge is 0.335 e. The van der Waals surface area contributed by atoms with Gasteiger partial charge in [-0.05, 0) is 37.3 Å². The number of hydrogen-bond donors (Lipinski definition) is 2. The second kappa shape index (κ2) is 9.94. The zero-order valence-corrected chi connectivity index (χ0v) is 15.4. The molecule has 0 spiro atoms. The molecule has 142 valence electrons. The maximum Gasteiger partial charge on any atom is 0.335 e. The number of unbranched alkanes of at least 4 members (excludes halogenated alkanes) is 1. The number of aryl methyl sites for hydroxylation is 1. The topological polar surface area (TPSA) is 86.7 Å². The number of piperidine rings is 1. The number of amides is 2. The summed E-state index contributed by atoms with van der Waals surface area (Å²) < 4.78 is 0. The lowest BCUT2D eigenvalue weighted by Gasteiger charge is -2.32. The van der Waals surface area contributed by atoms with Crippen LogP contribution in [0, 0.1) is 5.92 Å². The largest absolute Gasteiger partial charge is 0.478 e. The summed E-state index contributed by atoms with van der Waals surface area (Å²) in [7, 11) is 0. The molecule has 1 heterocycles. The lowest BCUT2D eigenvalue weighted by molar-refractivity contribution is -0.135. The summed E-state index contributed by atoms with van der Waals surface area (Å²) in [5, 5.41) is 12.2. The number of carbonyl (C=O) groups excluding carboxylic acids is 2. The second-order valence-corrected chi connectivity index (χ2v) is 6.79. The Bertz CT molecular complexity index is 644. The number of benzene rings is 1. The molecular formula is C20H28N2O4. The van der Waals surface area contributed by atoms with Crippen molar-refractivity contribution in [1.82, 2.24) is 10.2 Å². The van der Waals surface area contributed by atoms with E-state index >= 15 is 0 Å². The third-order valence-electron chi connectivity index (χ3n) is 4.83. The summed E-state index contributed by atoms with van der Waals surface area (Å²) in [5.74, 6) is -1.10. The van der Waals surface area contributed by atoms with Crippen LogP contribution in [0.4, 0.5) is 0 Å². The summed E-state index contributed by atoms with van der Waals surface area (Å²) in [6, 6.07) is 6.77. The van der Waals surface area contributed by atoms with E-state index in [1.54, 1.807) is 29.2 Å². The van der Waals surface area contributed by atoms with Crippen LogP contribution in [-0.4, -0.2) is 47.4 Å². The average molecular weight is 360 g/mol. The molecule has 1 fully saturated rings. The molecule has 26 heavy (non-hydrogen) atoms. The minimum Gasteiger partial charge on any atom is -0.478 e. The Morgan fingerprint density at radius 1 is 1.27 bits per heavy atom. The highest BCUT2D eigenvalue weighted by molar-refractivity contribution is 5.89. The van der Waals surface area contributed by atoms with Crippen LogP contribution in [0.3, 0.4) is 0 Å². The van der Waals surface area contributed by atoms with Gasteiger partial charge >= 0.3 is 5.97 Å². The highest BCUT2D eigenvalue weighted by Crippen LogP contribution is 2.19. The SMILES string of the molecule is CCCCNC(=O)C1CCCN(C(=O)CCc2ccccc2C(=O)O)C1. The van der Waals surface area contributed by atoms with Crippen molar-refractivity contribution in [3.05, 3.63) is 35.4 Å². The van der Waals surface area contributed by atoms with Crippen LogP contribution in [0.25, 0.3) is 0 Å². The fraction of sp³-hybridized carbons (Fsp3) is 0.550. The summed E-state index contributed by atoms with van der Waals surface area (Å²) in [6.07, 6.45) is 4.28. The van der Waals surface area contributed by atoms with Crippen molar-refractivity contribution in [2.24, 2.45) is 5.92 Å². The van der Waals surface area contributed by atoms with Gasteiger partial charge in [-0.25, -0.2) is 4.79 Å². The first kappa shape index (κ1) is 19.9. The molecule has 1 aliphatic heterocycles. The van der Waals surface area contributed by atoms with Crippen molar-refractivity contribution < 1.29 is 19.5 Å². The Morgan fingerprint density at radius 2 is 2.04 bits per heavy atom. The van der Waals surface area contributed by atoms with E-state index in [9.17, 15) is 19.5 Å². The number of hydrogen-bond acceptors (Lipinski definition) is 3. The first-order valence-corrected chi connectivity index (χ1v) is 9.39. The van der Waals surface area contributed by atoms with Gasteiger partial charge in [0.1, 0.15) is 0 Å². The number of carbonyl (C=O) groups is 3. The third-order valence-corrected chi connectivity index (χ3v) is 4.83. The van der Waals surface area contributed by atoms with Gasteiger partial charge in [0.25, 0.3) is 0 Å². The fourth-order valence-corrected chi connectivity index (χ4v) is 3.30. The lowest BCUT2D eigenvalue weighted by atomic mass is 9.96. The van der Waals surface area contributed by atoms with E-state index in [2.05, 4.69) is 12.2 Å². The predicted molar refractivity (Wildman–Crippen MR) is 98.9 cm³/mol. The molecule has 6 heteroatoms. The zero-order valence-electron chi connectivity index (χ0n) is 15.4. The number of likely N-dealkylation sites (tertiary alicyclic amines) is 1. The van der Waals surface area contributed by atoms with E-state index in [-0.39, 0.29) is 29.7 Å². The van der Waals surface area contributed by atoms with E-state index in [1.807, 2.05) is 0 Å². The maximum atomic E-state index is 12.5. The van der Waals surface area contributed by atoms with Gasteiger partial charge in [-0.1, -0.05) is 31.5 Å². The minimum absolute atomic E-state index is 0.0174. The molecule has 1 saturated heterocycles. The third kappa shape index (κ3) is 5.58. The molecule has 0 saturated carbocycles. The van der Waals surface area contributed by atoms with Gasteiger partial charge in [-0.15, -0.1) is 0 Å². The van der Waals surface area contributed by atoms with Gasteiger partial charge < -0.3 is 15.3 Å². The van der Waals surface area contributed by atoms with Crippen LogP contribution < -0.4 is 5.32 Å². The molecule has 0 bridgehead atoms. The zero-order chi connectivity index (χ0) is 18.9. The molecule has 2 amide bonds. The standard InChI is InChI=1S/C20H28N2O4/c1-2-3-12-21-19(24)16-8-6-13-22(14-16)18(23)11-10-15-7-4-5-9-17(15)20(25)26/h4-5,7,9,16H,2-3,6,8,10-14H2,1H3,(H,21,24)(H,25,26). The van der Waals surface area contributed by atoms with Crippen molar-refractivity contribution in [3.8, 4) is 0 Å². The quantitative estimate of drug-likeness (QED) is 0.697. The van der Waals surface area contributed by atoms with Crippen molar-refractivity contribution in [2.75, 3.05) is 19.6 Å². The van der Waals surface area contributed by atoms with Crippen molar-refractivity contribution in [2.45, 2.75) is 45.4 Å². The van der Waals surface area contributed by atoms with Crippen LogP contribution in [0.15, 0.2) is 24.3 Å². The predicted octanol–water partition coefficient (Wildman–Crippen LogP) is 2.47. The molecule has 0 aliphatic carbocycles. The molecule has 1 aliphatic rings. The molecule has 0 radical (unpaired) electrons. The Labute approximate surface area is 154 Å². The first-order chi connectivity index (χ1) is 12.5. The van der Waals surface area contributed by atoms with Crippen LogP contribution in [0.1, 0.15) is 54.9 Å². The van der Waals surface area contributed by atoms with E-state index in [4.69, 9.17) is 0 Å². The summed E-state index contributed by atoms with van der Waals surface area (Å²) in [5.41, 5.74) is 0.909. The van der Waals surface area contributed by atoms with Gasteiger partial charge in [0.05, 0.1) is 11.5 Å². The summed E-state index contributed by atoms with van der Waals surface area (Å²) in [6.45, 7) is 3.89. The molecule has 1 aromatic rings. The fourth-order valence-electron chi connectivity index (χ4n) is 3.30. The van der Waals surface area contributed by atoms with E-state index in [0.29, 0.717) is 31.6 Å². The lowest BCUT2D eigenvalue weighted by Crippen LogP contribution is -2.45. The van der Waals surface area contributed by atoms with Gasteiger partial charge in [-0.2, -0.15) is 0 Å². The van der Waals surface area contributed by atoms with Crippen molar-refractivity contribution >= 4 is 17.8 Å². The molecular weight excluding hydrogens is 332 g/mol. The Hall–Kier alpha value is -2.37. The maximum absolute atomic E-state index is 12.5. The highest BCUT2D eigenvalue weighted by Gasteiger charge is 2.28. The molecule has 2 N–H and O–H groups in total. The molecule has 0 aromatic heterocycles. The van der Waals surface area contributed by atoms with Gasteiger partial charge in [0.2, 0.25) is 11.8 Å². The van der Waals surface area contributed by atoms with Crippen LogP contribution in [0.2, 0.25) is 0 Å². The number of nitrogens with one attached hydrogen (secondary N) is 1. The van der Waals surface area contributed by atoms with Gasteiger partial charge in [0, 0.05) is 26.1 Å². The summed E-state index contributed by atoms with van der Waals surface area (Å²) in [4.78, 5) is 37.8. The van der Waals surface area contributed by atoms with E-state index < -0.39 is 5.97 Å². The van der Waals surface area contributed by atoms with E-state index in [0.717, 1.165) is 25.7 Å². The first-order valence-electron chi connectivity index (χ1n) is 9.39. The van der Waals surface area contributed by atoms with Crippen LogP contribution in [0.5, 0.6) is 0 Å². The van der Waals surface area contributed by atoms with Gasteiger partial charge in [-0.3, -0.25) is 9.59 Å². The van der Waals surface area contributed by atoms with Gasteiger partial charge in [0.15, 0.2) is 0 Å².